The summed E-state index contributed by atoms with van der Waals surface area (Å²) in [7, 11) is 0. The van der Waals surface area contributed by atoms with E-state index in [2.05, 4.69) is 5.32 Å². The molecule has 0 saturated heterocycles. The zero-order valence-corrected chi connectivity index (χ0v) is 8.82. The van der Waals surface area contributed by atoms with E-state index in [0.29, 0.717) is 12.1 Å². The van der Waals surface area contributed by atoms with Crippen molar-refractivity contribution in [3.05, 3.63) is 27.8 Å². The van der Waals surface area contributed by atoms with Crippen LogP contribution in [0.15, 0.2) is 12.1 Å². The lowest BCUT2D eigenvalue weighted by Crippen LogP contribution is -2.33. The van der Waals surface area contributed by atoms with Gasteiger partial charge in [0.1, 0.15) is 5.56 Å². The van der Waals surface area contributed by atoms with Gasteiger partial charge in [-0.05, 0) is 6.07 Å². The summed E-state index contributed by atoms with van der Waals surface area (Å²) in [5, 5.41) is 15.6. The normalized spacial score (nSPS) is 14.5. The second-order valence-corrected chi connectivity index (χ2v) is 3.51. The summed E-state index contributed by atoms with van der Waals surface area (Å²) in [6.07, 6.45) is -4.97. The molecule has 1 aromatic rings. The molecule has 19 heavy (non-hydrogen) atoms. The van der Waals surface area contributed by atoms with E-state index in [4.69, 9.17) is 0 Å². The number of benzene rings is 1. The van der Waals surface area contributed by atoms with Crippen molar-refractivity contribution in [2.45, 2.75) is 6.18 Å². The van der Waals surface area contributed by atoms with Gasteiger partial charge in [-0.15, -0.1) is 0 Å². The molecule has 10 heteroatoms. The number of nitro benzene ring substituents is 1. The lowest BCUT2D eigenvalue weighted by atomic mass is 10.1. The molecule has 7 nitrogen and oxygen atoms in total. The molecule has 0 bridgehead atoms. The van der Waals surface area contributed by atoms with Crippen molar-refractivity contribution in [3.63, 3.8) is 0 Å². The number of halogens is 3. The molecule has 99 valence electrons. The number of carbonyl (C=O) groups excluding carboxylic acids is 2. The van der Waals surface area contributed by atoms with E-state index in [-0.39, 0.29) is 5.69 Å². The van der Waals surface area contributed by atoms with E-state index in [0.717, 1.165) is 0 Å². The van der Waals surface area contributed by atoms with E-state index in [1.54, 1.807) is 0 Å². The van der Waals surface area contributed by atoms with Gasteiger partial charge in [-0.2, -0.15) is 13.2 Å². The number of nitrogens with zero attached hydrogens (tertiary/aromatic N) is 2. The summed E-state index contributed by atoms with van der Waals surface area (Å²) in [6.45, 7) is 0. The molecule has 0 aliphatic carbocycles. The zero-order chi connectivity index (χ0) is 14.4. The van der Waals surface area contributed by atoms with Gasteiger partial charge in [-0.25, -0.2) is 5.32 Å². The minimum absolute atomic E-state index is 0.376. The summed E-state index contributed by atoms with van der Waals surface area (Å²) >= 11 is 0. The van der Waals surface area contributed by atoms with Crippen LogP contribution in [-0.2, 0) is 15.8 Å². The first-order valence-electron chi connectivity index (χ1n) is 4.67. The van der Waals surface area contributed by atoms with E-state index >= 15 is 0 Å². The maximum Gasteiger partial charge on any atom is 0.423 e. The van der Waals surface area contributed by atoms with Crippen molar-refractivity contribution in [1.82, 2.24) is 5.32 Å². The molecule has 0 spiro atoms. The Balaban J connectivity index is 2.65. The predicted octanol–water partition coefficient (Wildman–Crippen LogP) is 1.33. The number of nitro groups is 1. The van der Waals surface area contributed by atoms with Gasteiger partial charge in [0.15, 0.2) is 0 Å². The minimum atomic E-state index is -4.97. The van der Waals surface area contributed by atoms with Crippen LogP contribution in [0.25, 0.3) is 0 Å². The Bertz CT molecular complexity index is 611. The van der Waals surface area contributed by atoms with Crippen LogP contribution in [0.2, 0.25) is 0 Å². The standard InChI is InChI=1S/C9H3F3N3O4/c10-9(11,12)3-1-4-5(2-6(3)15(18)19)14-8(17)7(16)13-4/h1-2H,(H,13,16). The maximum absolute atomic E-state index is 12.6. The van der Waals surface area contributed by atoms with Gasteiger partial charge in [-0.3, -0.25) is 19.7 Å². The number of anilines is 1. The summed E-state index contributed by atoms with van der Waals surface area (Å²) in [6, 6.07) is 0.872. The van der Waals surface area contributed by atoms with Crippen molar-refractivity contribution in [2.75, 3.05) is 5.32 Å². The number of hydrogen-bond donors (Lipinski definition) is 1. The van der Waals surface area contributed by atoms with Crippen molar-refractivity contribution in [3.8, 4) is 0 Å². The first kappa shape index (κ1) is 12.8. The topological polar surface area (TPSA) is 103 Å². The number of nitrogens with one attached hydrogen (secondary N) is 1. The molecule has 0 saturated carbocycles. The van der Waals surface area contributed by atoms with Gasteiger partial charge in [0.05, 0.1) is 16.3 Å². The predicted molar refractivity (Wildman–Crippen MR) is 53.5 cm³/mol. The Morgan fingerprint density at radius 2 is 1.89 bits per heavy atom. The first-order chi connectivity index (χ1) is 8.70. The zero-order valence-electron chi connectivity index (χ0n) is 8.82. The van der Waals surface area contributed by atoms with Crippen LogP contribution in [0.4, 0.5) is 30.2 Å². The summed E-state index contributed by atoms with van der Waals surface area (Å²) in [5.41, 5.74) is -3.55. The van der Waals surface area contributed by atoms with Crippen molar-refractivity contribution < 1.29 is 27.7 Å². The van der Waals surface area contributed by atoms with Gasteiger partial charge in [0.2, 0.25) is 0 Å². The highest BCUT2D eigenvalue weighted by Gasteiger charge is 2.40. The number of alkyl halides is 3. The number of hydrogen-bond acceptors (Lipinski definition) is 4. The van der Waals surface area contributed by atoms with Crippen LogP contribution < -0.4 is 10.6 Å². The SMILES string of the molecule is O=C1[N]c2cc([N+](=O)[O-])c(C(F)(F)F)cc2NC1=O. The Hall–Kier alpha value is -2.65. The Labute approximate surface area is 102 Å². The maximum atomic E-state index is 12.6. The third-order valence-electron chi connectivity index (χ3n) is 2.28. The fraction of sp³-hybridized carbons (Fsp3) is 0.111. The molecule has 1 heterocycles. The Kier molecular flexibility index (Phi) is 2.65. The smallest absolute Gasteiger partial charge is 0.316 e. The van der Waals surface area contributed by atoms with Crippen molar-refractivity contribution >= 4 is 28.9 Å². The Morgan fingerprint density at radius 3 is 2.42 bits per heavy atom. The molecule has 2 amide bonds. The highest BCUT2D eigenvalue weighted by molar-refractivity contribution is 6.42. The van der Waals surface area contributed by atoms with E-state index < -0.39 is 39.9 Å². The fourth-order valence-electron chi connectivity index (χ4n) is 1.48. The molecule has 1 radical (unpaired) electrons. The first-order valence-corrected chi connectivity index (χ1v) is 4.67. The summed E-state index contributed by atoms with van der Waals surface area (Å²) in [5.74, 6) is -2.43. The number of rotatable bonds is 1. The van der Waals surface area contributed by atoms with Crippen LogP contribution in [-0.4, -0.2) is 16.7 Å². The van der Waals surface area contributed by atoms with Gasteiger partial charge in [-0.1, -0.05) is 0 Å². The molecule has 0 fully saturated rings. The third kappa shape index (κ3) is 2.19. The number of fused-ring (bicyclic) bond motifs is 1. The van der Waals surface area contributed by atoms with Crippen LogP contribution in [0.3, 0.4) is 0 Å². The molecule has 1 aliphatic rings. The van der Waals surface area contributed by atoms with Crippen molar-refractivity contribution in [2.24, 2.45) is 0 Å². The highest BCUT2D eigenvalue weighted by atomic mass is 19.4. The van der Waals surface area contributed by atoms with Crippen LogP contribution in [0.5, 0.6) is 0 Å². The summed E-state index contributed by atoms with van der Waals surface area (Å²) in [4.78, 5) is 31.3. The van der Waals surface area contributed by atoms with Crippen LogP contribution in [0.1, 0.15) is 5.56 Å². The molecule has 0 aromatic heterocycles. The average Bonchev–Trinajstić information content (AvgIpc) is 2.27. The second kappa shape index (κ2) is 3.93. The van der Waals surface area contributed by atoms with Crippen LogP contribution in [0, 0.1) is 10.1 Å². The van der Waals surface area contributed by atoms with Crippen LogP contribution >= 0.6 is 0 Å². The fourth-order valence-corrected chi connectivity index (χ4v) is 1.48. The van der Waals surface area contributed by atoms with E-state index in [9.17, 15) is 32.9 Å². The molecular weight excluding hydrogens is 271 g/mol. The van der Waals surface area contributed by atoms with Gasteiger partial charge in [0, 0.05) is 6.07 Å². The lowest BCUT2D eigenvalue weighted by Gasteiger charge is -2.17. The highest BCUT2D eigenvalue weighted by Crippen LogP contribution is 2.41. The lowest BCUT2D eigenvalue weighted by molar-refractivity contribution is -0.388. The average molecular weight is 274 g/mol. The summed E-state index contributed by atoms with van der Waals surface area (Å²) < 4.78 is 37.9. The number of amides is 2. The van der Waals surface area contributed by atoms with Gasteiger partial charge >= 0.3 is 18.0 Å². The van der Waals surface area contributed by atoms with E-state index in [1.165, 1.54) is 0 Å². The quantitative estimate of drug-likeness (QED) is 0.474. The molecule has 1 N–H and O–H groups in total. The molecular formula is C9H3F3N3O4. The van der Waals surface area contributed by atoms with Crippen molar-refractivity contribution in [1.29, 1.82) is 0 Å². The van der Waals surface area contributed by atoms with E-state index in [1.807, 2.05) is 5.32 Å². The third-order valence-corrected chi connectivity index (χ3v) is 2.28. The van der Waals surface area contributed by atoms with Gasteiger partial charge < -0.3 is 5.32 Å². The monoisotopic (exact) mass is 274 g/mol. The molecule has 1 aliphatic heterocycles. The molecule has 0 unspecified atom stereocenters. The van der Waals surface area contributed by atoms with Gasteiger partial charge in [0.25, 0.3) is 5.69 Å². The number of carbonyl (C=O) groups is 2. The molecule has 1 aromatic carbocycles. The minimum Gasteiger partial charge on any atom is -0.316 e. The Morgan fingerprint density at radius 1 is 1.26 bits per heavy atom. The second-order valence-electron chi connectivity index (χ2n) is 3.51. The largest absolute Gasteiger partial charge is 0.423 e. The molecule has 2 rings (SSSR count). The molecule has 0 atom stereocenters.